The van der Waals surface area contributed by atoms with Gasteiger partial charge in [0.25, 0.3) is 0 Å². The maximum absolute atomic E-state index is 10.9. The van der Waals surface area contributed by atoms with Gasteiger partial charge in [-0.15, -0.1) is 6.42 Å². The van der Waals surface area contributed by atoms with E-state index in [0.29, 0.717) is 0 Å². The summed E-state index contributed by atoms with van der Waals surface area (Å²) < 4.78 is 15.3. The minimum atomic E-state index is -1.84. The van der Waals surface area contributed by atoms with E-state index >= 15 is 0 Å². The Kier molecular flexibility index (Phi) is 2.88. The van der Waals surface area contributed by atoms with Crippen LogP contribution >= 0.6 is 0 Å². The molecule has 14 heavy (non-hydrogen) atoms. The van der Waals surface area contributed by atoms with E-state index in [2.05, 4.69) is 5.92 Å². The molecule has 0 N–H and O–H groups in total. The van der Waals surface area contributed by atoms with Crippen molar-refractivity contribution in [2.75, 3.05) is 13.2 Å². The van der Waals surface area contributed by atoms with Crippen LogP contribution in [0.5, 0.6) is 0 Å². The molecule has 1 fully saturated rings. The summed E-state index contributed by atoms with van der Waals surface area (Å²) >= 11 is 0. The van der Waals surface area contributed by atoms with Gasteiger partial charge in [-0.2, -0.15) is 0 Å². The Balaban J connectivity index is 2.82. The first-order valence-electron chi connectivity index (χ1n) is 4.34. The van der Waals surface area contributed by atoms with Gasteiger partial charge in [0.15, 0.2) is 6.61 Å². The van der Waals surface area contributed by atoms with Crippen molar-refractivity contribution in [3.05, 3.63) is 0 Å². The molecule has 0 aromatic carbocycles. The van der Waals surface area contributed by atoms with Gasteiger partial charge in [0, 0.05) is 0 Å². The summed E-state index contributed by atoms with van der Waals surface area (Å²) in [5.74, 6) is 2.36. The molecule has 0 saturated carbocycles. The zero-order valence-electron chi connectivity index (χ0n) is 8.62. The molecular formula is C9H14O4Si. The highest BCUT2D eigenvalue weighted by Gasteiger charge is 2.54. The number of hydrogen-bond acceptors (Lipinski definition) is 4. The summed E-state index contributed by atoms with van der Waals surface area (Å²) in [6, 6.07) is 0. The lowest BCUT2D eigenvalue weighted by Gasteiger charge is -2.35. The highest BCUT2D eigenvalue weighted by molar-refractivity contribution is 6.78. The molecule has 0 aliphatic carbocycles. The van der Waals surface area contributed by atoms with Gasteiger partial charge in [0.1, 0.15) is 14.7 Å². The number of carbonyl (C=O) groups is 1. The molecule has 78 valence electrons. The van der Waals surface area contributed by atoms with Crippen LogP contribution in [-0.4, -0.2) is 32.9 Å². The summed E-state index contributed by atoms with van der Waals surface area (Å²) in [6.45, 7) is 6.37. The monoisotopic (exact) mass is 214 g/mol. The third kappa shape index (κ3) is 1.91. The second-order valence-corrected chi connectivity index (χ2v) is 9.40. The highest BCUT2D eigenvalue weighted by Crippen LogP contribution is 2.31. The fourth-order valence-electron chi connectivity index (χ4n) is 1.16. The summed E-state index contributed by atoms with van der Waals surface area (Å²) in [5, 5.41) is 0. The van der Waals surface area contributed by atoms with Gasteiger partial charge in [-0.25, -0.2) is 4.79 Å². The van der Waals surface area contributed by atoms with E-state index in [4.69, 9.17) is 20.6 Å². The highest BCUT2D eigenvalue weighted by atomic mass is 28.3. The van der Waals surface area contributed by atoms with Gasteiger partial charge in [-0.1, -0.05) is 25.6 Å². The van der Waals surface area contributed by atoms with Crippen molar-refractivity contribution < 1.29 is 19.0 Å². The van der Waals surface area contributed by atoms with Crippen LogP contribution in [0.3, 0.4) is 0 Å². The third-order valence-corrected chi connectivity index (χ3v) is 4.84. The Morgan fingerprint density at radius 3 is 2.64 bits per heavy atom. The quantitative estimate of drug-likeness (QED) is 0.404. The summed E-state index contributed by atoms with van der Waals surface area (Å²) in [7, 11) is -1.84. The zero-order chi connectivity index (χ0) is 10.8. The first-order valence-corrected chi connectivity index (χ1v) is 7.84. The fraction of sp³-hybridized carbons (Fsp3) is 0.667. The van der Waals surface area contributed by atoms with Gasteiger partial charge in [-0.3, -0.25) is 0 Å². The molecule has 1 aliphatic heterocycles. The Morgan fingerprint density at radius 1 is 1.64 bits per heavy atom. The van der Waals surface area contributed by atoms with Crippen LogP contribution < -0.4 is 0 Å². The normalized spacial score (nSPS) is 26.6. The average molecular weight is 214 g/mol. The molecule has 0 bridgehead atoms. The SMILES string of the molecule is C#CCOC1([Si](C)(C)C)COC(=O)O1. The van der Waals surface area contributed by atoms with Crippen molar-refractivity contribution in [2.45, 2.75) is 25.1 Å². The molecule has 0 aromatic heterocycles. The van der Waals surface area contributed by atoms with Crippen LogP contribution in [0, 0.1) is 12.3 Å². The number of cyclic esters (lactones) is 2. The van der Waals surface area contributed by atoms with E-state index in [-0.39, 0.29) is 13.2 Å². The lowest BCUT2D eigenvalue weighted by Crippen LogP contribution is -2.56. The standard InChI is InChI=1S/C9H14O4Si/c1-5-6-12-9(14(2,3)4)7-11-8(10)13-9/h1H,6-7H2,2-4H3. The Labute approximate surface area is 84.5 Å². The van der Waals surface area contributed by atoms with E-state index in [0.717, 1.165) is 0 Å². The minimum absolute atomic E-state index is 0.126. The molecule has 0 spiro atoms. The van der Waals surface area contributed by atoms with E-state index in [1.165, 1.54) is 0 Å². The number of ether oxygens (including phenoxy) is 3. The Bertz CT molecular complexity index is 276. The average Bonchev–Trinajstić information content (AvgIpc) is 2.44. The van der Waals surface area contributed by atoms with Crippen molar-refractivity contribution in [3.8, 4) is 12.3 Å². The maximum Gasteiger partial charge on any atom is 0.510 e. The molecule has 0 radical (unpaired) electrons. The summed E-state index contributed by atoms with van der Waals surface area (Å²) in [4.78, 5) is 10.9. The lowest BCUT2D eigenvalue weighted by atomic mass is 10.6. The number of rotatable bonds is 3. The van der Waals surface area contributed by atoms with E-state index in [9.17, 15) is 4.79 Å². The van der Waals surface area contributed by atoms with Crippen LogP contribution in [0.15, 0.2) is 0 Å². The zero-order valence-corrected chi connectivity index (χ0v) is 9.62. The van der Waals surface area contributed by atoms with Crippen molar-refractivity contribution in [2.24, 2.45) is 0 Å². The lowest BCUT2D eigenvalue weighted by molar-refractivity contribution is -0.113. The topological polar surface area (TPSA) is 44.8 Å². The Hall–Kier alpha value is -0.993. The van der Waals surface area contributed by atoms with Gasteiger partial charge in [0.2, 0.25) is 5.41 Å². The van der Waals surface area contributed by atoms with Crippen LogP contribution in [0.4, 0.5) is 4.79 Å². The van der Waals surface area contributed by atoms with E-state index < -0.39 is 19.6 Å². The molecule has 1 saturated heterocycles. The minimum Gasteiger partial charge on any atom is -0.428 e. The summed E-state index contributed by atoms with van der Waals surface area (Å²) in [6.07, 6.45) is 4.43. The van der Waals surface area contributed by atoms with E-state index in [1.807, 2.05) is 19.6 Å². The van der Waals surface area contributed by atoms with Crippen LogP contribution in [0.2, 0.25) is 19.6 Å². The van der Waals surface area contributed by atoms with Gasteiger partial charge < -0.3 is 14.2 Å². The predicted octanol–water partition coefficient (Wildman–Crippen LogP) is 1.38. The number of terminal acetylenes is 1. The largest absolute Gasteiger partial charge is 0.510 e. The maximum atomic E-state index is 10.9. The van der Waals surface area contributed by atoms with Crippen molar-refractivity contribution >= 4 is 14.2 Å². The van der Waals surface area contributed by atoms with Crippen LogP contribution in [-0.2, 0) is 14.2 Å². The first-order chi connectivity index (χ1) is 6.41. The molecule has 0 aromatic rings. The molecule has 1 unspecified atom stereocenters. The van der Waals surface area contributed by atoms with Gasteiger partial charge >= 0.3 is 6.16 Å². The molecule has 1 aliphatic rings. The van der Waals surface area contributed by atoms with Crippen molar-refractivity contribution in [1.82, 2.24) is 0 Å². The number of hydrogen-bond donors (Lipinski definition) is 0. The summed E-state index contributed by atoms with van der Waals surface area (Å²) in [5.41, 5.74) is -0.920. The molecule has 5 heteroatoms. The van der Waals surface area contributed by atoms with Crippen LogP contribution in [0.1, 0.15) is 0 Å². The molecule has 1 rings (SSSR count). The second-order valence-electron chi connectivity index (χ2n) is 4.14. The molecule has 1 heterocycles. The van der Waals surface area contributed by atoms with Crippen molar-refractivity contribution in [3.63, 3.8) is 0 Å². The molecular weight excluding hydrogens is 200 g/mol. The Morgan fingerprint density at radius 2 is 2.29 bits per heavy atom. The second kappa shape index (κ2) is 3.63. The van der Waals surface area contributed by atoms with Gasteiger partial charge in [-0.05, 0) is 0 Å². The predicted molar refractivity (Wildman–Crippen MR) is 53.3 cm³/mol. The molecule has 4 nitrogen and oxygen atoms in total. The molecule has 0 amide bonds. The smallest absolute Gasteiger partial charge is 0.428 e. The van der Waals surface area contributed by atoms with Crippen LogP contribution in [0.25, 0.3) is 0 Å². The van der Waals surface area contributed by atoms with Crippen molar-refractivity contribution in [1.29, 1.82) is 0 Å². The third-order valence-electron chi connectivity index (χ3n) is 2.16. The first kappa shape index (κ1) is 11.1. The fourth-order valence-corrected chi connectivity index (χ4v) is 2.56. The van der Waals surface area contributed by atoms with E-state index in [1.54, 1.807) is 0 Å². The number of carbonyl (C=O) groups excluding carboxylic acids is 1. The molecule has 1 atom stereocenters. The van der Waals surface area contributed by atoms with Gasteiger partial charge in [0.05, 0.1) is 0 Å².